The number of allylic oxidation sites excluding steroid dienone is 1. The maximum Gasteiger partial charge on any atom is 0.331 e. The predicted octanol–water partition coefficient (Wildman–Crippen LogP) is 0.752. The van der Waals surface area contributed by atoms with Gasteiger partial charge < -0.3 is 9.47 Å². The van der Waals surface area contributed by atoms with Crippen molar-refractivity contribution in [3.8, 4) is 0 Å². The van der Waals surface area contributed by atoms with Gasteiger partial charge in [-0.1, -0.05) is 12.2 Å². The highest BCUT2D eigenvalue weighted by Crippen LogP contribution is 1.79. The van der Waals surface area contributed by atoms with E-state index in [9.17, 15) is 4.79 Å². The molecule has 0 aliphatic rings. The van der Waals surface area contributed by atoms with Crippen molar-refractivity contribution in [1.82, 2.24) is 0 Å². The standard InChI is InChI=1S/C7H12O3/c1-3-4-5-10-6-7(8)9-2/h3-4H,5-6H2,1-2H3/b4-3-. The summed E-state index contributed by atoms with van der Waals surface area (Å²) in [6.45, 7) is 2.38. The lowest BCUT2D eigenvalue weighted by molar-refractivity contribution is -0.145. The SMILES string of the molecule is C/C=C\COCC(=O)OC. The van der Waals surface area contributed by atoms with Crippen molar-refractivity contribution in [2.24, 2.45) is 0 Å². The minimum Gasteiger partial charge on any atom is -0.467 e. The number of esters is 1. The van der Waals surface area contributed by atoms with Crippen LogP contribution in [0.15, 0.2) is 12.2 Å². The van der Waals surface area contributed by atoms with Gasteiger partial charge in [0.05, 0.1) is 13.7 Å². The second-order valence-corrected chi connectivity index (χ2v) is 1.66. The van der Waals surface area contributed by atoms with Gasteiger partial charge in [-0.25, -0.2) is 4.79 Å². The summed E-state index contributed by atoms with van der Waals surface area (Å²) in [4.78, 5) is 10.4. The van der Waals surface area contributed by atoms with Crippen molar-refractivity contribution in [1.29, 1.82) is 0 Å². The zero-order chi connectivity index (χ0) is 7.82. The maximum atomic E-state index is 10.4. The number of carbonyl (C=O) groups is 1. The zero-order valence-corrected chi connectivity index (χ0v) is 6.29. The molecule has 3 heteroatoms. The molecule has 0 unspecified atom stereocenters. The van der Waals surface area contributed by atoms with Gasteiger partial charge in [0.2, 0.25) is 0 Å². The average Bonchev–Trinajstić information content (AvgIpc) is 1.98. The molecule has 0 spiro atoms. The Bertz CT molecular complexity index is 118. The normalized spacial score (nSPS) is 10.2. The molecule has 0 rings (SSSR count). The molecule has 0 atom stereocenters. The Morgan fingerprint density at radius 1 is 1.60 bits per heavy atom. The van der Waals surface area contributed by atoms with Crippen LogP contribution in [0.2, 0.25) is 0 Å². The van der Waals surface area contributed by atoms with Crippen LogP contribution in [0.4, 0.5) is 0 Å². The van der Waals surface area contributed by atoms with Crippen molar-refractivity contribution >= 4 is 5.97 Å². The molecular formula is C7H12O3. The zero-order valence-electron chi connectivity index (χ0n) is 6.29. The molecule has 10 heavy (non-hydrogen) atoms. The van der Waals surface area contributed by atoms with E-state index in [0.717, 1.165) is 0 Å². The second-order valence-electron chi connectivity index (χ2n) is 1.66. The van der Waals surface area contributed by atoms with E-state index in [-0.39, 0.29) is 12.6 Å². The molecule has 0 aliphatic heterocycles. The summed E-state index contributed by atoms with van der Waals surface area (Å²) in [5.74, 6) is -0.343. The molecule has 0 amide bonds. The van der Waals surface area contributed by atoms with E-state index in [4.69, 9.17) is 4.74 Å². The number of ether oxygens (including phenoxy) is 2. The summed E-state index contributed by atoms with van der Waals surface area (Å²) in [5.41, 5.74) is 0. The number of carbonyl (C=O) groups excluding carboxylic acids is 1. The van der Waals surface area contributed by atoms with E-state index in [1.165, 1.54) is 7.11 Å². The minimum atomic E-state index is -0.343. The summed E-state index contributed by atoms with van der Waals surface area (Å²) < 4.78 is 9.21. The first-order valence-corrected chi connectivity index (χ1v) is 3.07. The molecule has 0 aromatic carbocycles. The lowest BCUT2D eigenvalue weighted by Crippen LogP contribution is -2.09. The number of rotatable bonds is 4. The van der Waals surface area contributed by atoms with Crippen molar-refractivity contribution in [2.45, 2.75) is 6.92 Å². The largest absolute Gasteiger partial charge is 0.467 e. The molecule has 0 aromatic heterocycles. The van der Waals surface area contributed by atoms with E-state index >= 15 is 0 Å². The van der Waals surface area contributed by atoms with E-state index in [1.807, 2.05) is 19.1 Å². The van der Waals surface area contributed by atoms with Crippen molar-refractivity contribution < 1.29 is 14.3 Å². The molecule has 0 bridgehead atoms. The van der Waals surface area contributed by atoms with Gasteiger partial charge in [-0.05, 0) is 6.92 Å². The quantitative estimate of drug-likeness (QED) is 0.332. The Kier molecular flexibility index (Phi) is 5.77. The van der Waals surface area contributed by atoms with Crippen LogP contribution in [-0.4, -0.2) is 26.3 Å². The monoisotopic (exact) mass is 144 g/mol. The molecule has 0 aliphatic carbocycles. The molecule has 0 aromatic rings. The molecule has 0 saturated heterocycles. The van der Waals surface area contributed by atoms with Gasteiger partial charge in [0, 0.05) is 0 Å². The topological polar surface area (TPSA) is 35.5 Å². The highest BCUT2D eigenvalue weighted by Gasteiger charge is 1.96. The van der Waals surface area contributed by atoms with E-state index < -0.39 is 0 Å². The summed E-state index contributed by atoms with van der Waals surface area (Å²) in [6.07, 6.45) is 3.68. The van der Waals surface area contributed by atoms with Gasteiger partial charge in [0.1, 0.15) is 6.61 Å². The second kappa shape index (κ2) is 6.29. The Morgan fingerprint density at radius 2 is 2.30 bits per heavy atom. The molecule has 0 saturated carbocycles. The van der Waals surface area contributed by atoms with E-state index in [1.54, 1.807) is 0 Å². The summed E-state index contributed by atoms with van der Waals surface area (Å²) in [5, 5.41) is 0. The molecule has 0 fully saturated rings. The van der Waals surface area contributed by atoms with E-state index in [2.05, 4.69) is 4.74 Å². The summed E-state index contributed by atoms with van der Waals surface area (Å²) in [6, 6.07) is 0. The number of methoxy groups -OCH3 is 1. The molecule has 58 valence electrons. The summed E-state index contributed by atoms with van der Waals surface area (Å²) in [7, 11) is 1.33. The molecule has 0 radical (unpaired) electrons. The Balaban J connectivity index is 3.11. The van der Waals surface area contributed by atoms with Gasteiger partial charge in [-0.15, -0.1) is 0 Å². The Morgan fingerprint density at radius 3 is 2.80 bits per heavy atom. The molecule has 3 nitrogen and oxygen atoms in total. The number of hydrogen-bond acceptors (Lipinski definition) is 3. The number of hydrogen-bond donors (Lipinski definition) is 0. The fourth-order valence-electron chi connectivity index (χ4n) is 0.365. The van der Waals surface area contributed by atoms with Crippen molar-refractivity contribution in [3.63, 3.8) is 0 Å². The van der Waals surface area contributed by atoms with Crippen LogP contribution in [0.1, 0.15) is 6.92 Å². The van der Waals surface area contributed by atoms with Crippen molar-refractivity contribution in [3.05, 3.63) is 12.2 Å². The fourth-order valence-corrected chi connectivity index (χ4v) is 0.365. The predicted molar refractivity (Wildman–Crippen MR) is 37.6 cm³/mol. The summed E-state index contributed by atoms with van der Waals surface area (Å²) >= 11 is 0. The third kappa shape index (κ3) is 5.31. The highest BCUT2D eigenvalue weighted by atomic mass is 16.6. The van der Waals surface area contributed by atoms with Crippen molar-refractivity contribution in [2.75, 3.05) is 20.3 Å². The smallest absolute Gasteiger partial charge is 0.331 e. The Hall–Kier alpha value is -0.830. The van der Waals surface area contributed by atoms with Crippen LogP contribution < -0.4 is 0 Å². The lowest BCUT2D eigenvalue weighted by atomic mass is 10.5. The third-order valence-corrected chi connectivity index (χ3v) is 0.897. The lowest BCUT2D eigenvalue weighted by Gasteiger charge is -1.97. The molecule has 0 heterocycles. The first-order valence-electron chi connectivity index (χ1n) is 3.07. The van der Waals surface area contributed by atoms with Crippen LogP contribution in [0.25, 0.3) is 0 Å². The van der Waals surface area contributed by atoms with Gasteiger partial charge in [0.25, 0.3) is 0 Å². The molecular weight excluding hydrogens is 132 g/mol. The first-order chi connectivity index (χ1) is 4.81. The minimum absolute atomic E-state index is 0.0286. The van der Waals surface area contributed by atoms with Crippen LogP contribution >= 0.6 is 0 Å². The van der Waals surface area contributed by atoms with Crippen LogP contribution in [0.3, 0.4) is 0 Å². The highest BCUT2D eigenvalue weighted by molar-refractivity contribution is 5.70. The molecule has 0 N–H and O–H groups in total. The van der Waals surface area contributed by atoms with Crippen LogP contribution in [0, 0.1) is 0 Å². The van der Waals surface area contributed by atoms with Crippen LogP contribution in [0.5, 0.6) is 0 Å². The fraction of sp³-hybridized carbons (Fsp3) is 0.571. The maximum absolute atomic E-state index is 10.4. The first kappa shape index (κ1) is 9.17. The Labute approximate surface area is 60.6 Å². The van der Waals surface area contributed by atoms with Gasteiger partial charge in [-0.2, -0.15) is 0 Å². The van der Waals surface area contributed by atoms with Gasteiger partial charge in [-0.3, -0.25) is 0 Å². The third-order valence-electron chi connectivity index (χ3n) is 0.897. The van der Waals surface area contributed by atoms with Gasteiger partial charge in [0.15, 0.2) is 0 Å². The van der Waals surface area contributed by atoms with Crippen LogP contribution in [-0.2, 0) is 14.3 Å². The van der Waals surface area contributed by atoms with Gasteiger partial charge >= 0.3 is 5.97 Å². The average molecular weight is 144 g/mol. The van der Waals surface area contributed by atoms with E-state index in [0.29, 0.717) is 6.61 Å².